The van der Waals surface area contributed by atoms with E-state index >= 15 is 0 Å². The van der Waals surface area contributed by atoms with Gasteiger partial charge in [-0.05, 0) is 30.8 Å². The van der Waals surface area contributed by atoms with Crippen LogP contribution in [-0.4, -0.2) is 6.54 Å². The van der Waals surface area contributed by atoms with Crippen LogP contribution in [0.4, 0.5) is 0 Å². The third kappa shape index (κ3) is 4.62. The lowest BCUT2D eigenvalue weighted by molar-refractivity contribution is 0.598. The molecule has 1 aromatic heterocycles. The molecule has 1 aromatic rings. The van der Waals surface area contributed by atoms with Crippen LogP contribution in [0.2, 0.25) is 0 Å². The number of nitrogens with two attached hydrogens (primary N) is 2. The van der Waals surface area contributed by atoms with Gasteiger partial charge in [0.1, 0.15) is 0 Å². The van der Waals surface area contributed by atoms with E-state index in [4.69, 9.17) is 11.5 Å². The first-order valence-corrected chi connectivity index (χ1v) is 5.21. The fraction of sp³-hybridized carbons (Fsp3) is 0.556. The van der Waals surface area contributed by atoms with E-state index in [1.807, 2.05) is 6.07 Å². The predicted molar refractivity (Wildman–Crippen MR) is 61.4 cm³/mol. The second-order valence-electron chi connectivity index (χ2n) is 2.91. The summed E-state index contributed by atoms with van der Waals surface area (Å²) < 4.78 is 0. The molecule has 0 aliphatic rings. The Kier molecular flexibility index (Phi) is 7.28. The van der Waals surface area contributed by atoms with E-state index in [2.05, 4.69) is 11.4 Å². The highest BCUT2D eigenvalue weighted by atomic mass is 35.5. The van der Waals surface area contributed by atoms with Crippen LogP contribution < -0.4 is 11.5 Å². The maximum Gasteiger partial charge on any atom is 0.0389 e. The Hall–Kier alpha value is -0.0900. The average molecular weight is 221 g/mol. The van der Waals surface area contributed by atoms with Gasteiger partial charge in [-0.25, -0.2) is 0 Å². The first-order valence-electron chi connectivity index (χ1n) is 4.33. The van der Waals surface area contributed by atoms with Crippen LogP contribution in [-0.2, 0) is 0 Å². The van der Waals surface area contributed by atoms with Crippen molar-refractivity contribution in [2.75, 3.05) is 6.54 Å². The molecule has 0 amide bonds. The molecule has 0 radical (unpaired) electrons. The summed E-state index contributed by atoms with van der Waals surface area (Å²) in [6, 6.07) is 4.36. The Bertz CT molecular complexity index is 201. The Labute approximate surface area is 89.7 Å². The molecule has 1 rings (SSSR count). The monoisotopic (exact) mass is 220 g/mol. The van der Waals surface area contributed by atoms with E-state index < -0.39 is 0 Å². The number of unbranched alkanes of at least 4 members (excludes halogenated alkanes) is 1. The molecule has 0 spiro atoms. The fourth-order valence-electron chi connectivity index (χ4n) is 1.15. The first kappa shape index (κ1) is 12.9. The average Bonchev–Trinajstić information content (AvgIpc) is 2.56. The summed E-state index contributed by atoms with van der Waals surface area (Å²) >= 11 is 1.73. The van der Waals surface area contributed by atoms with Crippen molar-refractivity contribution in [3.8, 4) is 0 Å². The lowest BCUT2D eigenvalue weighted by Crippen LogP contribution is -2.09. The van der Waals surface area contributed by atoms with Gasteiger partial charge in [0.25, 0.3) is 0 Å². The molecule has 13 heavy (non-hydrogen) atoms. The number of rotatable bonds is 5. The van der Waals surface area contributed by atoms with Crippen LogP contribution in [0.25, 0.3) is 0 Å². The molecule has 4 N–H and O–H groups in total. The molecule has 0 unspecified atom stereocenters. The third-order valence-corrected chi connectivity index (χ3v) is 2.88. The molecule has 4 heteroatoms. The van der Waals surface area contributed by atoms with E-state index in [9.17, 15) is 0 Å². The van der Waals surface area contributed by atoms with Crippen LogP contribution >= 0.6 is 23.7 Å². The van der Waals surface area contributed by atoms with Gasteiger partial charge in [0.05, 0.1) is 0 Å². The van der Waals surface area contributed by atoms with Crippen molar-refractivity contribution in [2.24, 2.45) is 11.5 Å². The molecule has 1 heterocycles. The van der Waals surface area contributed by atoms with Crippen molar-refractivity contribution >= 4 is 23.7 Å². The van der Waals surface area contributed by atoms with Crippen molar-refractivity contribution in [2.45, 2.75) is 25.3 Å². The van der Waals surface area contributed by atoms with E-state index in [0.29, 0.717) is 0 Å². The maximum atomic E-state index is 5.95. The number of halogens is 1. The Balaban J connectivity index is 0.00000144. The molecular formula is C9H17ClN2S. The molecule has 0 aliphatic heterocycles. The minimum atomic E-state index is 0. The zero-order valence-corrected chi connectivity index (χ0v) is 9.24. The zero-order valence-electron chi connectivity index (χ0n) is 7.61. The zero-order chi connectivity index (χ0) is 8.81. The highest BCUT2D eigenvalue weighted by molar-refractivity contribution is 7.10. The van der Waals surface area contributed by atoms with E-state index in [1.165, 1.54) is 4.88 Å². The van der Waals surface area contributed by atoms with Crippen molar-refractivity contribution in [3.63, 3.8) is 0 Å². The van der Waals surface area contributed by atoms with Crippen LogP contribution in [0, 0.1) is 0 Å². The van der Waals surface area contributed by atoms with Gasteiger partial charge < -0.3 is 11.5 Å². The Morgan fingerprint density at radius 3 is 2.69 bits per heavy atom. The molecule has 1 atom stereocenters. The van der Waals surface area contributed by atoms with Gasteiger partial charge >= 0.3 is 0 Å². The minimum absolute atomic E-state index is 0. The molecule has 0 fully saturated rings. The normalized spacial score (nSPS) is 12.2. The minimum Gasteiger partial charge on any atom is -0.330 e. The van der Waals surface area contributed by atoms with E-state index in [-0.39, 0.29) is 18.4 Å². The second kappa shape index (κ2) is 7.33. The predicted octanol–water partition coefficient (Wildman–Crippen LogP) is 2.30. The summed E-state index contributed by atoms with van der Waals surface area (Å²) in [4.78, 5) is 1.28. The van der Waals surface area contributed by atoms with Crippen molar-refractivity contribution < 1.29 is 0 Å². The SMILES string of the molecule is Cl.NCCCC[C@@H](N)c1cccs1. The quantitative estimate of drug-likeness (QED) is 0.749. The highest BCUT2D eigenvalue weighted by Crippen LogP contribution is 2.20. The lowest BCUT2D eigenvalue weighted by atomic mass is 10.1. The Morgan fingerprint density at radius 1 is 1.38 bits per heavy atom. The summed E-state index contributed by atoms with van der Waals surface area (Å²) in [6.45, 7) is 0.775. The molecule has 2 nitrogen and oxygen atoms in total. The first-order chi connectivity index (χ1) is 5.84. The second-order valence-corrected chi connectivity index (χ2v) is 3.89. The molecule has 0 saturated carbocycles. The van der Waals surface area contributed by atoms with Gasteiger partial charge in [0.2, 0.25) is 0 Å². The van der Waals surface area contributed by atoms with E-state index in [1.54, 1.807) is 11.3 Å². The van der Waals surface area contributed by atoms with Crippen molar-refractivity contribution in [1.29, 1.82) is 0 Å². The largest absolute Gasteiger partial charge is 0.330 e. The lowest BCUT2D eigenvalue weighted by Gasteiger charge is -2.07. The van der Waals surface area contributed by atoms with Gasteiger partial charge in [-0.3, -0.25) is 0 Å². The standard InChI is InChI=1S/C9H16N2S.ClH/c10-6-2-1-4-8(11)9-5-3-7-12-9;/h3,5,7-8H,1-2,4,6,10-11H2;1H/t8-;/m1./s1. The van der Waals surface area contributed by atoms with E-state index in [0.717, 1.165) is 25.8 Å². The smallest absolute Gasteiger partial charge is 0.0389 e. The number of thiophene rings is 1. The van der Waals surface area contributed by atoms with Gasteiger partial charge in [0.15, 0.2) is 0 Å². The fourth-order valence-corrected chi connectivity index (χ4v) is 1.92. The van der Waals surface area contributed by atoms with Crippen molar-refractivity contribution in [1.82, 2.24) is 0 Å². The summed E-state index contributed by atoms with van der Waals surface area (Å²) in [5.74, 6) is 0. The molecule has 76 valence electrons. The van der Waals surface area contributed by atoms with Gasteiger partial charge in [0, 0.05) is 10.9 Å². The number of hydrogen-bond donors (Lipinski definition) is 2. The third-order valence-electron chi connectivity index (χ3n) is 1.88. The summed E-state index contributed by atoms with van der Waals surface area (Å²) in [6.07, 6.45) is 3.27. The van der Waals surface area contributed by atoms with Gasteiger partial charge in [-0.2, -0.15) is 0 Å². The summed E-state index contributed by atoms with van der Waals surface area (Å²) in [5.41, 5.74) is 11.3. The number of hydrogen-bond acceptors (Lipinski definition) is 3. The van der Waals surface area contributed by atoms with Gasteiger partial charge in [-0.1, -0.05) is 12.5 Å². The van der Waals surface area contributed by atoms with Crippen molar-refractivity contribution in [3.05, 3.63) is 22.4 Å². The summed E-state index contributed by atoms with van der Waals surface area (Å²) in [5, 5.41) is 2.07. The molecule has 0 bridgehead atoms. The molecule has 0 aliphatic carbocycles. The van der Waals surface area contributed by atoms with Crippen LogP contribution in [0.5, 0.6) is 0 Å². The highest BCUT2D eigenvalue weighted by Gasteiger charge is 2.05. The topological polar surface area (TPSA) is 52.0 Å². The maximum absolute atomic E-state index is 5.95. The molecule has 0 aromatic carbocycles. The van der Waals surface area contributed by atoms with Crippen LogP contribution in [0.3, 0.4) is 0 Å². The summed E-state index contributed by atoms with van der Waals surface area (Å²) in [7, 11) is 0. The molecular weight excluding hydrogens is 204 g/mol. The van der Waals surface area contributed by atoms with Crippen LogP contribution in [0.15, 0.2) is 17.5 Å². The van der Waals surface area contributed by atoms with Gasteiger partial charge in [-0.15, -0.1) is 23.7 Å². The molecule has 0 saturated heterocycles. The van der Waals surface area contributed by atoms with Crippen LogP contribution in [0.1, 0.15) is 30.2 Å². The Morgan fingerprint density at radius 2 is 2.15 bits per heavy atom.